The van der Waals surface area contributed by atoms with Gasteiger partial charge in [-0.3, -0.25) is 4.79 Å². The number of nitrogens with zero attached hydrogens (tertiary/aromatic N) is 1. The van der Waals surface area contributed by atoms with Crippen LogP contribution in [0.3, 0.4) is 0 Å². The molecule has 2 atom stereocenters. The zero-order valence-electron chi connectivity index (χ0n) is 17.1. The largest absolute Gasteiger partial charge is 0.466 e. The number of ether oxygens (including phenoxy) is 1. The van der Waals surface area contributed by atoms with E-state index >= 15 is 0 Å². The fourth-order valence-corrected chi connectivity index (χ4v) is 5.58. The molecule has 2 aliphatic heterocycles. The number of nitrogens with one attached hydrogen (secondary N) is 2. The third-order valence-corrected chi connectivity index (χ3v) is 6.91. The Kier molecular flexibility index (Phi) is 5.76. The fraction of sp³-hybridized carbons (Fsp3) is 0.409. The van der Waals surface area contributed by atoms with E-state index in [9.17, 15) is 14.4 Å². The van der Waals surface area contributed by atoms with E-state index in [0.717, 1.165) is 28.7 Å². The van der Waals surface area contributed by atoms with E-state index in [1.54, 1.807) is 16.2 Å². The summed E-state index contributed by atoms with van der Waals surface area (Å²) < 4.78 is 6.30. The Labute approximate surface area is 179 Å². The number of thiophene rings is 1. The van der Waals surface area contributed by atoms with Gasteiger partial charge in [0.1, 0.15) is 0 Å². The highest BCUT2D eigenvalue weighted by Crippen LogP contribution is 2.45. The molecule has 0 aliphatic carbocycles. The van der Waals surface area contributed by atoms with Crippen LogP contribution in [0, 0.1) is 0 Å². The van der Waals surface area contributed by atoms with Crippen molar-refractivity contribution in [1.82, 2.24) is 15.5 Å². The maximum absolute atomic E-state index is 12.9. The third-order valence-electron chi connectivity index (χ3n) is 5.74. The minimum Gasteiger partial charge on any atom is -0.466 e. The van der Waals surface area contributed by atoms with E-state index < -0.39 is 0 Å². The maximum Gasteiger partial charge on any atom is 0.336 e. The molecule has 0 spiro atoms. The Balaban J connectivity index is 1.63. The number of methoxy groups -OCH3 is 1. The van der Waals surface area contributed by atoms with Crippen molar-refractivity contribution in [3.8, 4) is 0 Å². The Morgan fingerprint density at radius 1 is 1.17 bits per heavy atom. The van der Waals surface area contributed by atoms with E-state index in [0.29, 0.717) is 25.1 Å². The van der Waals surface area contributed by atoms with Crippen LogP contribution in [0.1, 0.15) is 31.1 Å². The van der Waals surface area contributed by atoms with Gasteiger partial charge < -0.3 is 20.3 Å². The van der Waals surface area contributed by atoms with Crippen LogP contribution in [0.15, 0.2) is 35.9 Å². The second kappa shape index (κ2) is 8.47. The van der Waals surface area contributed by atoms with E-state index in [1.165, 1.54) is 18.7 Å². The van der Waals surface area contributed by atoms with Gasteiger partial charge in [-0.2, -0.15) is 0 Å². The van der Waals surface area contributed by atoms with Gasteiger partial charge in [-0.1, -0.05) is 18.2 Å². The first-order chi connectivity index (χ1) is 14.5. The molecular weight excluding hydrogens is 402 g/mol. The lowest BCUT2D eigenvalue weighted by Gasteiger charge is -2.36. The van der Waals surface area contributed by atoms with Crippen molar-refractivity contribution >= 4 is 44.9 Å². The van der Waals surface area contributed by atoms with Gasteiger partial charge in [0.15, 0.2) is 0 Å². The predicted octanol–water partition coefficient (Wildman–Crippen LogP) is 2.91. The van der Waals surface area contributed by atoms with Crippen molar-refractivity contribution in [2.45, 2.75) is 38.3 Å². The van der Waals surface area contributed by atoms with Crippen LogP contribution in [-0.2, 0) is 14.3 Å². The zero-order chi connectivity index (χ0) is 21.3. The smallest absolute Gasteiger partial charge is 0.336 e. The van der Waals surface area contributed by atoms with Crippen LogP contribution in [0.25, 0.3) is 15.7 Å². The Morgan fingerprint density at radius 3 is 2.67 bits per heavy atom. The molecule has 2 aromatic rings. The number of rotatable bonds is 5. The van der Waals surface area contributed by atoms with Crippen molar-refractivity contribution in [3.05, 3.63) is 40.8 Å². The summed E-state index contributed by atoms with van der Waals surface area (Å²) in [6.07, 6.45) is 2.22. The lowest BCUT2D eigenvalue weighted by molar-refractivity contribution is -0.136. The molecule has 0 unspecified atom stereocenters. The number of amides is 3. The minimum absolute atomic E-state index is 0.0457. The molecular formula is C22H25N3O4S. The van der Waals surface area contributed by atoms with Gasteiger partial charge in [0.05, 0.1) is 18.7 Å². The first-order valence-corrected chi connectivity index (χ1v) is 10.9. The molecule has 2 bridgehead atoms. The summed E-state index contributed by atoms with van der Waals surface area (Å²) in [5, 5.41) is 6.68. The quantitative estimate of drug-likeness (QED) is 0.567. The van der Waals surface area contributed by atoms with Crippen molar-refractivity contribution in [1.29, 1.82) is 0 Å². The topological polar surface area (TPSA) is 87.7 Å². The predicted molar refractivity (Wildman–Crippen MR) is 116 cm³/mol. The van der Waals surface area contributed by atoms with Crippen molar-refractivity contribution in [3.63, 3.8) is 0 Å². The van der Waals surface area contributed by atoms with Crippen molar-refractivity contribution in [2.75, 3.05) is 20.2 Å². The van der Waals surface area contributed by atoms with Crippen LogP contribution in [-0.4, -0.2) is 55.1 Å². The molecule has 30 heavy (non-hydrogen) atoms. The van der Waals surface area contributed by atoms with Crippen molar-refractivity contribution < 1.29 is 19.1 Å². The monoisotopic (exact) mass is 427 g/mol. The summed E-state index contributed by atoms with van der Waals surface area (Å²) >= 11 is 1.67. The van der Waals surface area contributed by atoms with E-state index in [2.05, 4.69) is 28.8 Å². The molecule has 1 saturated heterocycles. The summed E-state index contributed by atoms with van der Waals surface area (Å²) in [7, 11) is 1.39. The van der Waals surface area contributed by atoms with E-state index in [1.807, 2.05) is 12.1 Å². The van der Waals surface area contributed by atoms with Crippen LogP contribution in [0.5, 0.6) is 0 Å². The Morgan fingerprint density at radius 2 is 1.93 bits per heavy atom. The van der Waals surface area contributed by atoms with Crippen molar-refractivity contribution in [2.24, 2.45) is 0 Å². The van der Waals surface area contributed by atoms with Crippen LogP contribution < -0.4 is 10.6 Å². The number of carbonyl (C=O) groups is 3. The van der Waals surface area contributed by atoms with Crippen LogP contribution >= 0.6 is 11.3 Å². The molecule has 7 nitrogen and oxygen atoms in total. The molecule has 1 aromatic heterocycles. The van der Waals surface area contributed by atoms with Gasteiger partial charge in [0.25, 0.3) is 0 Å². The molecule has 1 aromatic carbocycles. The molecule has 0 radical (unpaired) electrons. The number of hydrogen-bond donors (Lipinski definition) is 2. The first-order valence-electron chi connectivity index (χ1n) is 10.1. The summed E-state index contributed by atoms with van der Waals surface area (Å²) in [4.78, 5) is 39.5. The van der Waals surface area contributed by atoms with Gasteiger partial charge in [-0.25, -0.2) is 9.59 Å². The summed E-state index contributed by atoms with van der Waals surface area (Å²) in [5.74, 6) is -0.505. The molecule has 2 aliphatic rings. The van der Waals surface area contributed by atoms with Gasteiger partial charge in [-0.05, 0) is 42.4 Å². The normalized spacial score (nSPS) is 20.4. The molecule has 8 heteroatoms. The average molecular weight is 428 g/mol. The number of hydrogen-bond acceptors (Lipinski definition) is 5. The molecule has 1 fully saturated rings. The molecule has 3 amide bonds. The average Bonchev–Trinajstić information content (AvgIpc) is 3.30. The number of esters is 1. The first kappa shape index (κ1) is 20.4. The van der Waals surface area contributed by atoms with Gasteiger partial charge in [-0.15, -0.1) is 11.3 Å². The standard InChI is InChI=1S/C22H25N3O4S/c1-13(26)23-9-10-24-22(28)25-15-7-8-17(25)20(21(27)29-2)16(12-15)19-11-14-5-3-4-6-18(14)30-19/h3-6,11,15,17H,7-10,12H2,1-2H3,(H,23,26)(H,24,28)/t15-,17+/m0/s1. The summed E-state index contributed by atoms with van der Waals surface area (Å²) in [6.45, 7) is 2.15. The highest BCUT2D eigenvalue weighted by molar-refractivity contribution is 7.20. The number of fused-ring (bicyclic) bond motifs is 3. The van der Waals surface area contributed by atoms with Gasteiger partial charge >= 0.3 is 12.0 Å². The van der Waals surface area contributed by atoms with E-state index in [-0.39, 0.29) is 30.0 Å². The Bertz CT molecular complexity index is 995. The lowest BCUT2D eigenvalue weighted by atomic mass is 9.92. The second-order valence-corrected chi connectivity index (χ2v) is 8.69. The molecule has 4 rings (SSSR count). The highest BCUT2D eigenvalue weighted by Gasteiger charge is 2.46. The molecule has 158 valence electrons. The minimum atomic E-state index is -0.371. The Hall–Kier alpha value is -2.87. The fourth-order valence-electron chi connectivity index (χ4n) is 4.45. The number of benzene rings is 1. The number of carbonyl (C=O) groups excluding carboxylic acids is 3. The molecule has 0 saturated carbocycles. The van der Waals surface area contributed by atoms with Crippen LogP contribution in [0.2, 0.25) is 0 Å². The third kappa shape index (κ3) is 3.79. The van der Waals surface area contributed by atoms with Crippen LogP contribution in [0.4, 0.5) is 4.79 Å². The lowest BCUT2D eigenvalue weighted by Crippen LogP contribution is -2.51. The zero-order valence-corrected chi connectivity index (χ0v) is 17.9. The summed E-state index contributed by atoms with van der Waals surface area (Å²) in [5.41, 5.74) is 1.59. The van der Waals surface area contributed by atoms with Gasteiger partial charge in [0.2, 0.25) is 5.91 Å². The van der Waals surface area contributed by atoms with E-state index in [4.69, 9.17) is 4.74 Å². The summed E-state index contributed by atoms with van der Waals surface area (Å²) in [6, 6.07) is 9.84. The maximum atomic E-state index is 12.9. The second-order valence-electron chi connectivity index (χ2n) is 7.61. The number of urea groups is 1. The molecule has 2 N–H and O–H groups in total. The van der Waals surface area contributed by atoms with Gasteiger partial charge in [0, 0.05) is 35.6 Å². The molecule has 3 heterocycles. The highest BCUT2D eigenvalue weighted by atomic mass is 32.1. The SMILES string of the molecule is COC(=O)C1=C(c2cc3ccccc3s2)C[C@@H]2CC[C@H]1N2C(=O)NCCNC(C)=O.